The summed E-state index contributed by atoms with van der Waals surface area (Å²) in [7, 11) is 0. The Bertz CT molecular complexity index is 1400. The Morgan fingerprint density at radius 2 is 1.50 bits per heavy atom. The summed E-state index contributed by atoms with van der Waals surface area (Å²) in [5, 5.41) is 3.94. The van der Waals surface area contributed by atoms with Gasteiger partial charge in [-0.1, -0.05) is 66.7 Å². The Morgan fingerprint density at radius 1 is 0.615 bits per heavy atom. The molecule has 0 saturated heterocycles. The largest absolute Gasteiger partial charge is 0.315 e. The predicted octanol–water partition coefficient (Wildman–Crippen LogP) is 6.34. The highest BCUT2D eigenvalue weighted by Gasteiger charge is 2.30. The molecule has 26 heavy (non-hydrogen) atoms. The zero-order valence-corrected chi connectivity index (χ0v) is 14.2. The molecule has 0 radical (unpaired) electrons. The van der Waals surface area contributed by atoms with E-state index >= 15 is 0 Å². The van der Waals surface area contributed by atoms with Gasteiger partial charge < -0.3 is 4.57 Å². The molecule has 0 bridgehead atoms. The van der Waals surface area contributed by atoms with Crippen molar-refractivity contribution in [1.29, 1.82) is 0 Å². The third kappa shape index (κ3) is 1.36. The maximum atomic E-state index is 2.43. The van der Waals surface area contributed by atoms with Gasteiger partial charge in [0.05, 0.1) is 11.2 Å². The van der Waals surface area contributed by atoms with Crippen LogP contribution in [0.5, 0.6) is 0 Å². The molecular formula is C25H15N. The Balaban J connectivity index is 1.83. The van der Waals surface area contributed by atoms with Gasteiger partial charge in [0, 0.05) is 28.1 Å². The molecule has 1 heteroatoms. The standard InChI is InChI=1S/C25H15N/c1-2-6-19-15(4-1)10-11-21-20-7-3-5-17-14-18-9-8-16-12-13-26(25(19)21)24(16)23(18)22(17)20/h1-13H,14H2. The summed E-state index contributed by atoms with van der Waals surface area (Å²) in [4.78, 5) is 0. The van der Waals surface area contributed by atoms with E-state index in [0.29, 0.717) is 0 Å². The van der Waals surface area contributed by atoms with Crippen LogP contribution in [0.1, 0.15) is 11.1 Å². The summed E-state index contributed by atoms with van der Waals surface area (Å²) in [6.07, 6.45) is 3.29. The molecule has 0 spiro atoms. The molecule has 0 amide bonds. The van der Waals surface area contributed by atoms with Crippen molar-refractivity contribution in [1.82, 2.24) is 4.57 Å². The third-order valence-corrected chi connectivity index (χ3v) is 6.15. The second-order valence-corrected chi connectivity index (χ2v) is 7.42. The molecule has 120 valence electrons. The fraction of sp³-hybridized carbons (Fsp3) is 0.0400. The first-order chi connectivity index (χ1) is 12.9. The van der Waals surface area contributed by atoms with Gasteiger partial charge in [0.25, 0.3) is 0 Å². The fourth-order valence-corrected chi connectivity index (χ4v) is 5.09. The highest BCUT2D eigenvalue weighted by molar-refractivity contribution is 6.11. The molecule has 0 saturated carbocycles. The van der Waals surface area contributed by atoms with Gasteiger partial charge in [-0.15, -0.1) is 0 Å². The minimum Gasteiger partial charge on any atom is -0.315 e. The van der Waals surface area contributed by atoms with Crippen LogP contribution >= 0.6 is 0 Å². The average Bonchev–Trinajstić information content (AvgIpc) is 3.24. The monoisotopic (exact) mass is 329 g/mol. The first-order valence-electron chi connectivity index (χ1n) is 9.18. The lowest BCUT2D eigenvalue weighted by Gasteiger charge is -2.15. The zero-order valence-electron chi connectivity index (χ0n) is 14.2. The van der Waals surface area contributed by atoms with Gasteiger partial charge in [0.2, 0.25) is 0 Å². The van der Waals surface area contributed by atoms with Crippen molar-refractivity contribution in [2.24, 2.45) is 0 Å². The molecule has 1 aliphatic carbocycles. The van der Waals surface area contributed by atoms with Crippen molar-refractivity contribution in [3.63, 3.8) is 0 Å². The number of hydrogen-bond acceptors (Lipinski definition) is 0. The topological polar surface area (TPSA) is 4.93 Å². The van der Waals surface area contributed by atoms with Gasteiger partial charge in [-0.25, -0.2) is 0 Å². The van der Waals surface area contributed by atoms with Gasteiger partial charge in [-0.2, -0.15) is 0 Å². The molecule has 2 heterocycles. The van der Waals surface area contributed by atoms with E-state index in [0.717, 1.165) is 6.42 Å². The molecule has 4 aromatic carbocycles. The fourth-order valence-electron chi connectivity index (χ4n) is 5.09. The van der Waals surface area contributed by atoms with Crippen molar-refractivity contribution in [2.45, 2.75) is 6.42 Å². The molecule has 5 aromatic rings. The summed E-state index contributed by atoms with van der Waals surface area (Å²) in [5.41, 5.74) is 11.2. The molecule has 0 unspecified atom stereocenters. The van der Waals surface area contributed by atoms with Crippen molar-refractivity contribution in [3.8, 4) is 27.9 Å². The average molecular weight is 329 g/mol. The van der Waals surface area contributed by atoms with E-state index in [9.17, 15) is 0 Å². The van der Waals surface area contributed by atoms with Crippen LogP contribution in [0.3, 0.4) is 0 Å². The van der Waals surface area contributed by atoms with Gasteiger partial charge >= 0.3 is 0 Å². The van der Waals surface area contributed by atoms with Crippen LogP contribution in [0.25, 0.3) is 49.6 Å². The van der Waals surface area contributed by atoms with Crippen molar-refractivity contribution in [3.05, 3.63) is 90.1 Å². The smallest absolute Gasteiger partial charge is 0.0613 e. The Hall–Kier alpha value is -3.32. The quantitative estimate of drug-likeness (QED) is 0.306. The summed E-state index contributed by atoms with van der Waals surface area (Å²) in [5.74, 6) is 0. The number of hydrogen-bond donors (Lipinski definition) is 0. The molecule has 0 N–H and O–H groups in total. The first kappa shape index (κ1) is 13.0. The second-order valence-electron chi connectivity index (χ2n) is 7.42. The number of rotatable bonds is 0. The number of aromatic nitrogens is 1. The van der Waals surface area contributed by atoms with Gasteiger partial charge in [-0.05, 0) is 40.1 Å². The maximum absolute atomic E-state index is 2.43. The Morgan fingerprint density at radius 3 is 2.50 bits per heavy atom. The van der Waals surface area contributed by atoms with Crippen LogP contribution in [0, 0.1) is 0 Å². The number of benzene rings is 4. The lowest BCUT2D eigenvalue weighted by atomic mass is 9.92. The SMILES string of the molecule is c1cc2c3c(c1)-c1ccc4ccccc4c1-n1ccc4ccc(c-3c41)C2. The molecule has 0 fully saturated rings. The Labute approximate surface area is 151 Å². The van der Waals surface area contributed by atoms with Crippen LogP contribution in [-0.2, 0) is 6.42 Å². The van der Waals surface area contributed by atoms with Gasteiger partial charge in [-0.3, -0.25) is 0 Å². The van der Waals surface area contributed by atoms with E-state index in [1.807, 2.05) is 0 Å². The van der Waals surface area contributed by atoms with E-state index in [2.05, 4.69) is 83.6 Å². The first-order valence-corrected chi connectivity index (χ1v) is 9.18. The zero-order chi connectivity index (χ0) is 16.8. The molecule has 2 aliphatic rings. The predicted molar refractivity (Wildman–Crippen MR) is 108 cm³/mol. The molecule has 1 nitrogen and oxygen atoms in total. The molecule has 7 rings (SSSR count). The van der Waals surface area contributed by atoms with Crippen molar-refractivity contribution >= 4 is 21.7 Å². The minimum atomic E-state index is 1.04. The van der Waals surface area contributed by atoms with Crippen molar-refractivity contribution in [2.75, 3.05) is 0 Å². The van der Waals surface area contributed by atoms with Crippen LogP contribution in [0.2, 0.25) is 0 Å². The summed E-state index contributed by atoms with van der Waals surface area (Å²) >= 11 is 0. The van der Waals surface area contributed by atoms with Crippen molar-refractivity contribution < 1.29 is 0 Å². The molecule has 1 aromatic heterocycles. The molecular weight excluding hydrogens is 314 g/mol. The highest BCUT2D eigenvalue weighted by Crippen LogP contribution is 2.51. The van der Waals surface area contributed by atoms with Crippen LogP contribution in [0.4, 0.5) is 0 Å². The van der Waals surface area contributed by atoms with E-state index in [1.165, 1.54) is 60.7 Å². The van der Waals surface area contributed by atoms with E-state index in [-0.39, 0.29) is 0 Å². The minimum absolute atomic E-state index is 1.04. The van der Waals surface area contributed by atoms with Crippen LogP contribution < -0.4 is 0 Å². The third-order valence-electron chi connectivity index (χ3n) is 6.15. The normalized spacial score (nSPS) is 13.2. The Kier molecular flexibility index (Phi) is 2.12. The van der Waals surface area contributed by atoms with Gasteiger partial charge in [0.15, 0.2) is 0 Å². The van der Waals surface area contributed by atoms with Crippen LogP contribution in [-0.4, -0.2) is 4.57 Å². The number of nitrogens with zero attached hydrogens (tertiary/aromatic N) is 1. The highest BCUT2D eigenvalue weighted by atomic mass is 15.0. The van der Waals surface area contributed by atoms with E-state index in [4.69, 9.17) is 0 Å². The molecule has 0 atom stereocenters. The summed E-state index contributed by atoms with van der Waals surface area (Å²) in [6.45, 7) is 0. The summed E-state index contributed by atoms with van der Waals surface area (Å²) < 4.78 is 2.43. The lowest BCUT2D eigenvalue weighted by molar-refractivity contribution is 1.15. The van der Waals surface area contributed by atoms with Gasteiger partial charge in [0.1, 0.15) is 0 Å². The van der Waals surface area contributed by atoms with E-state index in [1.54, 1.807) is 0 Å². The van der Waals surface area contributed by atoms with Crippen LogP contribution in [0.15, 0.2) is 79.0 Å². The maximum Gasteiger partial charge on any atom is 0.0613 e. The number of fused-ring (bicyclic) bond motifs is 5. The lowest BCUT2D eigenvalue weighted by Crippen LogP contribution is -1.96. The second kappa shape index (κ2) is 4.25. The summed E-state index contributed by atoms with van der Waals surface area (Å²) in [6, 6.07) is 27.0. The van der Waals surface area contributed by atoms with E-state index < -0.39 is 0 Å². The molecule has 1 aliphatic heterocycles.